The van der Waals surface area contributed by atoms with E-state index in [4.69, 9.17) is 4.74 Å². The van der Waals surface area contributed by atoms with Gasteiger partial charge in [-0.3, -0.25) is 19.5 Å². The minimum absolute atomic E-state index is 0.241. The van der Waals surface area contributed by atoms with Gasteiger partial charge in [-0.15, -0.1) is 0 Å². The smallest absolute Gasteiger partial charge is 0.333 e. The van der Waals surface area contributed by atoms with Crippen LogP contribution in [0.1, 0.15) is 5.56 Å². The van der Waals surface area contributed by atoms with Gasteiger partial charge in [0.2, 0.25) is 11.8 Å². The number of rotatable bonds is 3. The summed E-state index contributed by atoms with van der Waals surface area (Å²) in [4.78, 5) is 48.8. The molecule has 3 fully saturated rings. The summed E-state index contributed by atoms with van der Waals surface area (Å²) in [7, 11) is 6.35. The molecular formula is C20H24N4O4. The van der Waals surface area contributed by atoms with Gasteiger partial charge in [0.05, 0.1) is 25.0 Å². The van der Waals surface area contributed by atoms with Gasteiger partial charge in [-0.1, -0.05) is 30.3 Å². The maximum Gasteiger partial charge on any atom is 0.333 e. The SMILES string of the molecule is CN=C1N(C)C[C@@H]2[C@@H]3C(=O)N(C)C(=O)[C@@H]3[C@](Cc3ccccc3)(C(=O)OC)N12. The summed E-state index contributed by atoms with van der Waals surface area (Å²) in [5.74, 6) is -1.88. The number of likely N-dealkylation sites (tertiary alicyclic amines) is 1. The van der Waals surface area contributed by atoms with E-state index in [-0.39, 0.29) is 24.3 Å². The molecule has 1 aromatic carbocycles. The van der Waals surface area contributed by atoms with Crippen molar-refractivity contribution in [2.45, 2.75) is 18.0 Å². The topological polar surface area (TPSA) is 82.5 Å². The highest BCUT2D eigenvalue weighted by atomic mass is 16.5. The Morgan fingerprint density at radius 2 is 1.89 bits per heavy atom. The third-order valence-electron chi connectivity index (χ3n) is 6.34. The van der Waals surface area contributed by atoms with Crippen LogP contribution >= 0.6 is 0 Å². The van der Waals surface area contributed by atoms with Crippen LogP contribution in [0.3, 0.4) is 0 Å². The van der Waals surface area contributed by atoms with Gasteiger partial charge >= 0.3 is 5.97 Å². The highest BCUT2D eigenvalue weighted by Gasteiger charge is 2.74. The van der Waals surface area contributed by atoms with Crippen molar-refractivity contribution in [3.8, 4) is 0 Å². The summed E-state index contributed by atoms with van der Waals surface area (Å²) in [5, 5.41) is 0. The maximum atomic E-state index is 13.3. The van der Waals surface area contributed by atoms with E-state index in [9.17, 15) is 14.4 Å². The molecule has 3 aliphatic heterocycles. The Balaban J connectivity index is 1.95. The van der Waals surface area contributed by atoms with Crippen molar-refractivity contribution in [3.05, 3.63) is 35.9 Å². The quantitative estimate of drug-likeness (QED) is 0.538. The molecule has 28 heavy (non-hydrogen) atoms. The van der Waals surface area contributed by atoms with Gasteiger partial charge in [0.25, 0.3) is 0 Å². The van der Waals surface area contributed by atoms with Crippen molar-refractivity contribution in [3.63, 3.8) is 0 Å². The molecule has 0 saturated carbocycles. The Morgan fingerprint density at radius 3 is 2.50 bits per heavy atom. The van der Waals surface area contributed by atoms with Crippen molar-refractivity contribution in [1.82, 2.24) is 14.7 Å². The van der Waals surface area contributed by atoms with Gasteiger partial charge in [0.15, 0.2) is 11.5 Å². The number of hydrogen-bond donors (Lipinski definition) is 0. The Hall–Kier alpha value is -2.90. The van der Waals surface area contributed by atoms with Gasteiger partial charge in [0, 0.05) is 34.1 Å². The maximum absolute atomic E-state index is 13.3. The summed E-state index contributed by atoms with van der Waals surface area (Å²) in [6.07, 6.45) is 0.262. The minimum Gasteiger partial charge on any atom is -0.467 e. The fourth-order valence-corrected chi connectivity index (χ4v) is 5.25. The lowest BCUT2D eigenvalue weighted by molar-refractivity contribution is -0.157. The van der Waals surface area contributed by atoms with Crippen LogP contribution in [0.2, 0.25) is 0 Å². The zero-order valence-electron chi connectivity index (χ0n) is 16.5. The number of carbonyl (C=O) groups is 3. The number of fused-ring (bicyclic) bond motifs is 3. The summed E-state index contributed by atoms with van der Waals surface area (Å²) in [6, 6.07) is 9.21. The first-order chi connectivity index (χ1) is 13.4. The van der Waals surface area contributed by atoms with E-state index < -0.39 is 23.3 Å². The first-order valence-corrected chi connectivity index (χ1v) is 9.29. The number of imide groups is 1. The van der Waals surface area contributed by atoms with Crippen LogP contribution in [-0.4, -0.2) is 84.8 Å². The minimum atomic E-state index is -1.32. The van der Waals surface area contributed by atoms with Crippen LogP contribution in [0, 0.1) is 11.8 Å². The van der Waals surface area contributed by atoms with Crippen LogP contribution in [0.25, 0.3) is 0 Å². The average Bonchev–Trinajstić information content (AvgIpc) is 3.25. The van der Waals surface area contributed by atoms with E-state index in [1.807, 2.05) is 47.2 Å². The molecule has 4 rings (SSSR count). The molecule has 148 valence electrons. The van der Waals surface area contributed by atoms with E-state index in [1.54, 1.807) is 7.05 Å². The highest BCUT2D eigenvalue weighted by Crippen LogP contribution is 2.52. The average molecular weight is 384 g/mol. The van der Waals surface area contributed by atoms with Gasteiger partial charge in [0.1, 0.15) is 0 Å². The number of esters is 1. The van der Waals surface area contributed by atoms with Crippen LogP contribution in [0.4, 0.5) is 0 Å². The lowest BCUT2D eigenvalue weighted by atomic mass is 9.76. The van der Waals surface area contributed by atoms with Crippen molar-refractivity contribution < 1.29 is 19.1 Å². The number of guanidine groups is 1. The molecule has 0 N–H and O–H groups in total. The molecule has 4 atom stereocenters. The predicted molar refractivity (Wildman–Crippen MR) is 101 cm³/mol. The van der Waals surface area contributed by atoms with E-state index in [2.05, 4.69) is 4.99 Å². The molecule has 0 unspecified atom stereocenters. The van der Waals surface area contributed by atoms with Crippen molar-refractivity contribution in [2.75, 3.05) is 34.8 Å². The van der Waals surface area contributed by atoms with Crippen LogP contribution in [0.5, 0.6) is 0 Å². The number of aliphatic imine (C=N–C) groups is 1. The summed E-state index contributed by atoms with van der Waals surface area (Å²) in [5.41, 5.74) is -0.421. The molecule has 8 heteroatoms. The van der Waals surface area contributed by atoms with Gasteiger partial charge < -0.3 is 14.5 Å². The molecule has 0 spiro atoms. The van der Waals surface area contributed by atoms with Gasteiger partial charge in [-0.05, 0) is 5.56 Å². The Morgan fingerprint density at radius 1 is 1.21 bits per heavy atom. The molecule has 0 aromatic heterocycles. The molecule has 0 bridgehead atoms. The largest absolute Gasteiger partial charge is 0.467 e. The molecule has 2 amide bonds. The molecule has 3 saturated heterocycles. The number of hydrogen-bond acceptors (Lipinski definition) is 5. The number of carbonyl (C=O) groups excluding carboxylic acids is 3. The monoisotopic (exact) mass is 384 g/mol. The van der Waals surface area contributed by atoms with Crippen molar-refractivity contribution in [1.29, 1.82) is 0 Å². The number of amides is 2. The second-order valence-corrected chi connectivity index (χ2v) is 7.66. The number of likely N-dealkylation sites (N-methyl/N-ethyl adjacent to an activating group) is 1. The molecule has 0 aliphatic carbocycles. The molecular weight excluding hydrogens is 360 g/mol. The van der Waals surface area contributed by atoms with Gasteiger partial charge in [-0.2, -0.15) is 0 Å². The standard InChI is InChI=1S/C20H24N4O4/c1-21-19-22(2)11-13-14-15(17(26)23(3)16(14)25)20(24(13)19,18(27)28-4)10-12-8-6-5-7-9-12/h5-9,13-15H,10-11H2,1-4H3/t13-,14+,15-,20-/m1/s1. The van der Waals surface area contributed by atoms with Crippen LogP contribution in [-0.2, 0) is 25.5 Å². The van der Waals surface area contributed by atoms with E-state index in [0.29, 0.717) is 12.5 Å². The summed E-state index contributed by atoms with van der Waals surface area (Å²) < 4.78 is 5.24. The fraction of sp³-hybridized carbons (Fsp3) is 0.500. The second-order valence-electron chi connectivity index (χ2n) is 7.66. The normalized spacial score (nSPS) is 32.9. The molecule has 0 radical (unpaired) electrons. The lowest BCUT2D eigenvalue weighted by Crippen LogP contribution is -2.61. The first-order valence-electron chi connectivity index (χ1n) is 9.29. The van der Waals surface area contributed by atoms with Crippen LogP contribution in [0.15, 0.2) is 35.3 Å². The van der Waals surface area contributed by atoms with Crippen molar-refractivity contribution in [2.24, 2.45) is 16.8 Å². The molecule has 8 nitrogen and oxygen atoms in total. The zero-order valence-corrected chi connectivity index (χ0v) is 16.5. The second kappa shape index (κ2) is 6.32. The highest BCUT2D eigenvalue weighted by molar-refractivity contribution is 6.11. The summed E-state index contributed by atoms with van der Waals surface area (Å²) in [6.45, 7) is 0.522. The van der Waals surface area contributed by atoms with E-state index in [0.717, 1.165) is 10.5 Å². The van der Waals surface area contributed by atoms with E-state index in [1.165, 1.54) is 14.2 Å². The Kier molecular flexibility index (Phi) is 4.17. The molecule has 3 heterocycles. The fourth-order valence-electron chi connectivity index (χ4n) is 5.25. The molecule has 3 aliphatic rings. The van der Waals surface area contributed by atoms with Crippen molar-refractivity contribution >= 4 is 23.7 Å². The zero-order chi connectivity index (χ0) is 20.2. The van der Waals surface area contributed by atoms with E-state index >= 15 is 0 Å². The third-order valence-corrected chi connectivity index (χ3v) is 6.34. The number of nitrogens with zero attached hydrogens (tertiary/aromatic N) is 4. The first kappa shape index (κ1) is 18.5. The molecule has 1 aromatic rings. The number of ether oxygens (including phenoxy) is 1. The lowest BCUT2D eigenvalue weighted by Gasteiger charge is -2.40. The predicted octanol–water partition coefficient (Wildman–Crippen LogP) is -0.0127. The number of methoxy groups -OCH3 is 1. The Labute approximate surface area is 163 Å². The van der Waals surface area contributed by atoms with Crippen LogP contribution < -0.4 is 0 Å². The Bertz CT molecular complexity index is 870. The van der Waals surface area contributed by atoms with Gasteiger partial charge in [-0.25, -0.2) is 4.79 Å². The third kappa shape index (κ3) is 2.17. The summed E-state index contributed by atoms with van der Waals surface area (Å²) >= 11 is 0. The number of benzene rings is 1.